The third-order valence-electron chi connectivity index (χ3n) is 6.87. The first-order chi connectivity index (χ1) is 18.9. The molecule has 2 aromatic rings. The summed E-state index contributed by atoms with van der Waals surface area (Å²) >= 11 is 0. The van der Waals surface area contributed by atoms with Crippen molar-refractivity contribution in [2.45, 2.75) is 58.0 Å². The molecule has 9 nitrogen and oxygen atoms in total. The average Bonchev–Trinajstić information content (AvgIpc) is 2.90. The average molecular weight is 555 g/mol. The van der Waals surface area contributed by atoms with Gasteiger partial charge in [0.1, 0.15) is 30.3 Å². The van der Waals surface area contributed by atoms with Crippen molar-refractivity contribution in [3.05, 3.63) is 65.5 Å². The second kappa shape index (κ2) is 13.4. The molecule has 0 fully saturated rings. The molecule has 10 heteroatoms. The van der Waals surface area contributed by atoms with E-state index in [1.165, 1.54) is 17.0 Å². The molecule has 0 aliphatic carbocycles. The normalized spacial score (nSPS) is 19.2. The topological polar surface area (TPSA) is 117 Å². The second-order valence-corrected chi connectivity index (χ2v) is 11.2. The summed E-state index contributed by atoms with van der Waals surface area (Å²) in [5.74, 6) is -1.86. The predicted octanol–water partition coefficient (Wildman–Crippen LogP) is 2.79. The van der Waals surface area contributed by atoms with E-state index >= 15 is 0 Å². The highest BCUT2D eigenvalue weighted by Gasteiger charge is 2.31. The lowest BCUT2D eigenvalue weighted by Crippen LogP contribution is -2.53. The number of nitrogens with zero attached hydrogens (tertiary/aromatic N) is 1. The van der Waals surface area contributed by atoms with Crippen molar-refractivity contribution in [3.8, 4) is 5.75 Å². The van der Waals surface area contributed by atoms with Crippen LogP contribution in [0.25, 0.3) is 0 Å². The van der Waals surface area contributed by atoms with Crippen LogP contribution in [0.2, 0.25) is 0 Å². The molecule has 1 aliphatic heterocycles. The van der Waals surface area contributed by atoms with Gasteiger partial charge in [0.15, 0.2) is 0 Å². The van der Waals surface area contributed by atoms with Crippen LogP contribution in [0, 0.1) is 11.7 Å². The molecule has 1 heterocycles. The van der Waals surface area contributed by atoms with E-state index in [4.69, 9.17) is 4.74 Å². The molecule has 216 valence electrons. The standard InChI is InChI=1S/C30H39FN4O5/c1-19(2)16-24-29(39)35(5)14-15-40-25-9-7-6-8-22(25)27(37)34-23(17-26(36)33-24)28(38)32-18-30(3,4)20-10-12-21(31)13-11-20/h6-13,19,23-24H,14-18H2,1-5H3,(H,32,38)(H,33,36)(H,34,37)/t23-,24-/m0/s1. The molecule has 3 rings (SSSR count). The van der Waals surface area contributed by atoms with Crippen LogP contribution < -0.4 is 20.7 Å². The molecular formula is C30H39FN4O5. The molecule has 0 spiro atoms. The third-order valence-corrected chi connectivity index (χ3v) is 6.87. The van der Waals surface area contributed by atoms with E-state index in [9.17, 15) is 23.6 Å². The monoisotopic (exact) mass is 554 g/mol. The molecule has 1 aliphatic rings. The van der Waals surface area contributed by atoms with Gasteiger partial charge in [-0.1, -0.05) is 52.0 Å². The van der Waals surface area contributed by atoms with E-state index < -0.39 is 35.2 Å². The van der Waals surface area contributed by atoms with Gasteiger partial charge < -0.3 is 25.6 Å². The Labute approximate surface area is 234 Å². The van der Waals surface area contributed by atoms with E-state index in [2.05, 4.69) is 16.0 Å². The van der Waals surface area contributed by atoms with Gasteiger partial charge in [0.25, 0.3) is 5.91 Å². The predicted molar refractivity (Wildman–Crippen MR) is 149 cm³/mol. The Balaban J connectivity index is 1.87. The van der Waals surface area contributed by atoms with Crippen LogP contribution in [-0.2, 0) is 19.8 Å². The van der Waals surface area contributed by atoms with Crippen LogP contribution in [0.5, 0.6) is 5.75 Å². The van der Waals surface area contributed by atoms with Gasteiger partial charge in [-0.2, -0.15) is 0 Å². The van der Waals surface area contributed by atoms with Crippen LogP contribution in [0.3, 0.4) is 0 Å². The molecule has 0 unspecified atom stereocenters. The summed E-state index contributed by atoms with van der Waals surface area (Å²) < 4.78 is 19.2. The quantitative estimate of drug-likeness (QED) is 0.508. The molecule has 0 bridgehead atoms. The highest BCUT2D eigenvalue weighted by molar-refractivity contribution is 6.01. The number of rotatable bonds is 6. The molecule has 0 aromatic heterocycles. The molecule has 2 atom stereocenters. The van der Waals surface area contributed by atoms with Gasteiger partial charge in [-0.3, -0.25) is 19.2 Å². The van der Waals surface area contributed by atoms with Gasteiger partial charge in [0.2, 0.25) is 17.7 Å². The molecular weight excluding hydrogens is 515 g/mol. The molecule has 0 radical (unpaired) electrons. The maximum Gasteiger partial charge on any atom is 0.255 e. The zero-order chi connectivity index (χ0) is 29.4. The Morgan fingerprint density at radius 2 is 1.77 bits per heavy atom. The van der Waals surface area contributed by atoms with Gasteiger partial charge in [0.05, 0.1) is 18.5 Å². The van der Waals surface area contributed by atoms with Crippen molar-refractivity contribution in [2.24, 2.45) is 5.92 Å². The summed E-state index contributed by atoms with van der Waals surface area (Å²) in [7, 11) is 1.63. The van der Waals surface area contributed by atoms with Crippen molar-refractivity contribution < 1.29 is 28.3 Å². The maximum absolute atomic E-state index is 13.4. The SMILES string of the molecule is CC(C)C[C@@H]1NC(=O)C[C@@H](C(=O)NCC(C)(C)c2ccc(F)cc2)NC(=O)c2ccccc2OCCN(C)C1=O. The number of hydrogen-bond donors (Lipinski definition) is 3. The Morgan fingerprint density at radius 3 is 2.45 bits per heavy atom. The second-order valence-electron chi connectivity index (χ2n) is 11.2. The first kappa shape index (κ1) is 30.6. The van der Waals surface area contributed by atoms with Crippen molar-refractivity contribution in [1.82, 2.24) is 20.9 Å². The largest absolute Gasteiger partial charge is 0.491 e. The van der Waals surface area contributed by atoms with Crippen molar-refractivity contribution in [3.63, 3.8) is 0 Å². The number of carbonyl (C=O) groups excluding carboxylic acids is 4. The van der Waals surface area contributed by atoms with E-state index in [-0.39, 0.29) is 49.3 Å². The van der Waals surface area contributed by atoms with Gasteiger partial charge in [-0.25, -0.2) is 4.39 Å². The Hall–Kier alpha value is -3.95. The van der Waals surface area contributed by atoms with Gasteiger partial charge in [-0.05, 0) is 42.2 Å². The van der Waals surface area contributed by atoms with Gasteiger partial charge in [0, 0.05) is 19.0 Å². The van der Waals surface area contributed by atoms with E-state index in [1.807, 2.05) is 27.7 Å². The van der Waals surface area contributed by atoms with Gasteiger partial charge in [-0.15, -0.1) is 0 Å². The zero-order valence-electron chi connectivity index (χ0n) is 23.8. The molecule has 0 saturated carbocycles. The summed E-state index contributed by atoms with van der Waals surface area (Å²) in [6, 6.07) is 10.6. The number of likely N-dealkylation sites (N-methyl/N-ethyl adjacent to an activating group) is 1. The maximum atomic E-state index is 13.4. The van der Waals surface area contributed by atoms with Crippen LogP contribution in [-0.4, -0.2) is 67.4 Å². The number of ether oxygens (including phenoxy) is 1. The number of fused-ring (bicyclic) bond motifs is 1. The van der Waals surface area contributed by atoms with E-state index in [0.717, 1.165) is 5.56 Å². The summed E-state index contributed by atoms with van der Waals surface area (Å²) in [6.07, 6.45) is 0.0385. The number of benzene rings is 2. The van der Waals surface area contributed by atoms with E-state index in [0.29, 0.717) is 12.2 Å². The highest BCUT2D eigenvalue weighted by Crippen LogP contribution is 2.23. The number of para-hydroxylation sites is 1. The molecule has 2 aromatic carbocycles. The van der Waals surface area contributed by atoms with Gasteiger partial charge >= 0.3 is 0 Å². The number of amides is 4. The fourth-order valence-electron chi connectivity index (χ4n) is 4.46. The van der Waals surface area contributed by atoms with Crippen LogP contribution in [0.15, 0.2) is 48.5 Å². The summed E-state index contributed by atoms with van der Waals surface area (Å²) in [5, 5.41) is 8.28. The van der Waals surface area contributed by atoms with Crippen LogP contribution in [0.1, 0.15) is 56.5 Å². The number of halogens is 1. The molecule has 40 heavy (non-hydrogen) atoms. The number of carbonyl (C=O) groups is 4. The lowest BCUT2D eigenvalue weighted by molar-refractivity contribution is -0.136. The highest BCUT2D eigenvalue weighted by atomic mass is 19.1. The smallest absolute Gasteiger partial charge is 0.255 e. The minimum atomic E-state index is -1.22. The summed E-state index contributed by atoms with van der Waals surface area (Å²) in [4.78, 5) is 54.4. The molecule has 0 saturated heterocycles. The lowest BCUT2D eigenvalue weighted by Gasteiger charge is -2.29. The van der Waals surface area contributed by atoms with E-state index in [1.54, 1.807) is 43.4 Å². The minimum absolute atomic E-state index is 0.122. The Bertz CT molecular complexity index is 1210. The minimum Gasteiger partial charge on any atom is -0.491 e. The van der Waals surface area contributed by atoms with Crippen molar-refractivity contribution >= 4 is 23.6 Å². The van der Waals surface area contributed by atoms with Crippen molar-refractivity contribution in [2.75, 3.05) is 26.7 Å². The number of hydrogen-bond acceptors (Lipinski definition) is 5. The fourth-order valence-corrected chi connectivity index (χ4v) is 4.46. The third kappa shape index (κ3) is 8.27. The molecule has 3 N–H and O–H groups in total. The summed E-state index contributed by atoms with van der Waals surface area (Å²) in [6.45, 7) is 8.25. The fraction of sp³-hybridized carbons (Fsp3) is 0.467. The Morgan fingerprint density at radius 1 is 1.10 bits per heavy atom. The first-order valence-electron chi connectivity index (χ1n) is 13.5. The Kier molecular flexibility index (Phi) is 10.3. The lowest BCUT2D eigenvalue weighted by atomic mass is 9.84. The first-order valence-corrected chi connectivity index (χ1v) is 13.5. The van der Waals surface area contributed by atoms with Crippen LogP contribution >= 0.6 is 0 Å². The number of nitrogens with one attached hydrogen (secondary N) is 3. The van der Waals surface area contributed by atoms with Crippen LogP contribution in [0.4, 0.5) is 4.39 Å². The van der Waals surface area contributed by atoms with Crippen molar-refractivity contribution in [1.29, 1.82) is 0 Å². The molecule has 4 amide bonds. The summed E-state index contributed by atoms with van der Waals surface area (Å²) in [5.41, 5.74) is 0.458. The zero-order valence-corrected chi connectivity index (χ0v) is 23.8.